The van der Waals surface area contributed by atoms with Crippen molar-refractivity contribution in [1.82, 2.24) is 0 Å². The molecule has 0 unspecified atom stereocenters. The summed E-state index contributed by atoms with van der Waals surface area (Å²) in [6.07, 6.45) is 3.96. The van der Waals surface area contributed by atoms with Gasteiger partial charge in [-0.05, 0) is 62.1 Å². The zero-order valence-corrected chi connectivity index (χ0v) is 15.5. The number of ether oxygens (including phenoxy) is 1. The van der Waals surface area contributed by atoms with E-state index in [9.17, 15) is 9.18 Å². The van der Waals surface area contributed by atoms with E-state index in [0.29, 0.717) is 22.6 Å². The first-order valence-corrected chi connectivity index (χ1v) is 9.53. The predicted molar refractivity (Wildman–Crippen MR) is 103 cm³/mol. The molecule has 2 aliphatic rings. The van der Waals surface area contributed by atoms with Crippen molar-refractivity contribution in [1.29, 1.82) is 0 Å². The number of rotatable bonds is 2. The van der Waals surface area contributed by atoms with Crippen LogP contribution in [0.25, 0.3) is 11.1 Å². The molecule has 0 fully saturated rings. The maximum atomic E-state index is 13.4. The van der Waals surface area contributed by atoms with E-state index in [1.54, 1.807) is 17.8 Å². The van der Waals surface area contributed by atoms with Crippen molar-refractivity contribution in [3.05, 3.63) is 71.2 Å². The van der Waals surface area contributed by atoms with E-state index in [2.05, 4.69) is 29.6 Å². The third-order valence-corrected chi connectivity index (χ3v) is 5.41. The summed E-state index contributed by atoms with van der Waals surface area (Å²) in [5.41, 5.74) is 3.09. The molecule has 0 atom stereocenters. The van der Waals surface area contributed by atoms with Gasteiger partial charge in [0.05, 0.1) is 11.3 Å². The number of benzene rings is 2. The molecular formula is C21H18FNO2S. The molecule has 1 N–H and O–H groups in total. The summed E-state index contributed by atoms with van der Waals surface area (Å²) in [5, 5.41) is 2.71. The number of allylic oxidation sites excluding steroid dienone is 1. The van der Waals surface area contributed by atoms with E-state index in [-0.39, 0.29) is 11.7 Å². The summed E-state index contributed by atoms with van der Waals surface area (Å²) in [7, 11) is 0. The predicted octanol–water partition coefficient (Wildman–Crippen LogP) is 5.10. The van der Waals surface area contributed by atoms with Gasteiger partial charge in [-0.15, -0.1) is 11.8 Å². The normalized spacial score (nSPS) is 20.5. The quantitative estimate of drug-likeness (QED) is 0.593. The number of anilines is 1. The Bertz CT molecular complexity index is 974. The van der Waals surface area contributed by atoms with E-state index >= 15 is 0 Å². The van der Waals surface area contributed by atoms with Crippen LogP contribution in [-0.2, 0) is 9.53 Å². The topological polar surface area (TPSA) is 38.3 Å². The lowest BCUT2D eigenvalue weighted by Crippen LogP contribution is -2.21. The molecule has 0 radical (unpaired) electrons. The van der Waals surface area contributed by atoms with Crippen molar-refractivity contribution < 1.29 is 13.9 Å². The lowest BCUT2D eigenvalue weighted by Gasteiger charge is -2.23. The van der Waals surface area contributed by atoms with Gasteiger partial charge in [0, 0.05) is 16.0 Å². The minimum absolute atomic E-state index is 0.272. The van der Waals surface area contributed by atoms with Crippen LogP contribution < -0.4 is 5.32 Å². The molecule has 0 aliphatic carbocycles. The molecule has 132 valence electrons. The number of nitrogens with one attached hydrogen (secondary N) is 1. The summed E-state index contributed by atoms with van der Waals surface area (Å²) in [5.74, 6) is -0.137. The van der Waals surface area contributed by atoms with Gasteiger partial charge in [-0.1, -0.05) is 12.1 Å². The fourth-order valence-corrected chi connectivity index (χ4v) is 3.79. The van der Waals surface area contributed by atoms with Crippen LogP contribution in [0.5, 0.6) is 0 Å². The average Bonchev–Trinajstić information content (AvgIpc) is 3.09. The fraction of sp³-hybridized carbons (Fsp3) is 0.190. The minimum atomic E-state index is -0.563. The van der Waals surface area contributed by atoms with Gasteiger partial charge in [-0.2, -0.15) is 0 Å². The number of thioether (sulfide) groups is 1. The van der Waals surface area contributed by atoms with Crippen molar-refractivity contribution in [2.75, 3.05) is 11.6 Å². The molecule has 0 spiro atoms. The Balaban J connectivity index is 1.82. The van der Waals surface area contributed by atoms with Crippen LogP contribution in [0.1, 0.15) is 25.0 Å². The highest BCUT2D eigenvalue weighted by Gasteiger charge is 2.37. The maximum Gasteiger partial charge on any atom is 0.260 e. The fourth-order valence-electron chi connectivity index (χ4n) is 3.38. The van der Waals surface area contributed by atoms with Crippen molar-refractivity contribution in [2.45, 2.75) is 24.3 Å². The summed E-state index contributed by atoms with van der Waals surface area (Å²) < 4.78 is 19.6. The Morgan fingerprint density at radius 1 is 1.12 bits per heavy atom. The number of hydrogen-bond donors (Lipinski definition) is 1. The van der Waals surface area contributed by atoms with Crippen molar-refractivity contribution >= 4 is 34.5 Å². The van der Waals surface area contributed by atoms with E-state index in [1.807, 2.05) is 26.2 Å². The lowest BCUT2D eigenvalue weighted by molar-refractivity contribution is -0.111. The highest BCUT2D eigenvalue weighted by molar-refractivity contribution is 7.98. The Kier molecular flexibility index (Phi) is 3.92. The second-order valence-corrected chi connectivity index (χ2v) is 7.66. The van der Waals surface area contributed by atoms with Crippen LogP contribution in [-0.4, -0.2) is 17.8 Å². The first-order chi connectivity index (χ1) is 12.4. The van der Waals surface area contributed by atoms with Gasteiger partial charge in [-0.3, -0.25) is 4.79 Å². The monoisotopic (exact) mass is 367 g/mol. The number of fused-ring (bicyclic) bond motifs is 1. The first kappa shape index (κ1) is 16.9. The van der Waals surface area contributed by atoms with Crippen molar-refractivity contribution in [3.63, 3.8) is 0 Å². The van der Waals surface area contributed by atoms with Gasteiger partial charge >= 0.3 is 0 Å². The van der Waals surface area contributed by atoms with Crippen molar-refractivity contribution in [3.8, 4) is 0 Å². The van der Waals surface area contributed by atoms with Crippen LogP contribution in [0.15, 0.2) is 59.2 Å². The third-order valence-electron chi connectivity index (χ3n) is 4.66. The van der Waals surface area contributed by atoms with Crippen LogP contribution >= 0.6 is 11.8 Å². The maximum absolute atomic E-state index is 13.4. The Hall–Kier alpha value is -2.53. The number of carbonyl (C=O) groups excluding carboxylic acids is 1. The zero-order chi connectivity index (χ0) is 18.5. The van der Waals surface area contributed by atoms with Gasteiger partial charge in [0.2, 0.25) is 0 Å². The smallest absolute Gasteiger partial charge is 0.260 e. The van der Waals surface area contributed by atoms with E-state index < -0.39 is 5.60 Å². The van der Waals surface area contributed by atoms with Gasteiger partial charge in [0.15, 0.2) is 0 Å². The molecule has 4 rings (SSSR count). The molecule has 1 amide bonds. The van der Waals surface area contributed by atoms with Gasteiger partial charge in [0.1, 0.15) is 17.2 Å². The average molecular weight is 367 g/mol. The number of halogens is 1. The molecule has 2 aromatic carbocycles. The molecule has 2 aliphatic heterocycles. The highest BCUT2D eigenvalue weighted by Crippen LogP contribution is 2.44. The second-order valence-electron chi connectivity index (χ2n) is 6.78. The van der Waals surface area contributed by atoms with E-state index in [4.69, 9.17) is 4.74 Å². The summed E-state index contributed by atoms with van der Waals surface area (Å²) in [6, 6.07) is 12.6. The number of hydrogen-bond acceptors (Lipinski definition) is 3. The third kappa shape index (κ3) is 2.72. The second kappa shape index (κ2) is 6.02. The standard InChI is InChI=1S/C21H18FNO2S/c1-21(2)16(12-4-7-14(26-3)8-5-12)11-18(25-21)19-15-9-6-13(22)10-17(15)23-20(19)24/h4-11H,1-3H3,(H,23,24). The van der Waals surface area contributed by atoms with Crippen LogP contribution in [0, 0.1) is 5.82 Å². The Morgan fingerprint density at radius 2 is 1.85 bits per heavy atom. The molecule has 3 nitrogen and oxygen atoms in total. The van der Waals surface area contributed by atoms with E-state index in [1.165, 1.54) is 17.0 Å². The SMILES string of the molecule is CSc1ccc(C2=CC(=C3C(=O)Nc4cc(F)ccc43)OC2(C)C)cc1. The molecule has 5 heteroatoms. The van der Waals surface area contributed by atoms with Gasteiger partial charge in [-0.25, -0.2) is 4.39 Å². The Morgan fingerprint density at radius 3 is 2.54 bits per heavy atom. The van der Waals surface area contributed by atoms with Crippen LogP contribution in [0.3, 0.4) is 0 Å². The summed E-state index contributed by atoms with van der Waals surface area (Å²) in [6.45, 7) is 3.96. The highest BCUT2D eigenvalue weighted by atomic mass is 32.2. The largest absolute Gasteiger partial charge is 0.482 e. The molecule has 2 aromatic rings. The van der Waals surface area contributed by atoms with Gasteiger partial charge < -0.3 is 10.1 Å². The summed E-state index contributed by atoms with van der Waals surface area (Å²) in [4.78, 5) is 13.7. The number of amides is 1. The zero-order valence-electron chi connectivity index (χ0n) is 14.7. The number of carbonyl (C=O) groups is 1. The first-order valence-electron chi connectivity index (χ1n) is 8.30. The molecule has 0 bridgehead atoms. The molecule has 26 heavy (non-hydrogen) atoms. The van der Waals surface area contributed by atoms with Gasteiger partial charge in [0.25, 0.3) is 5.91 Å². The van der Waals surface area contributed by atoms with Crippen LogP contribution in [0.2, 0.25) is 0 Å². The molecular weight excluding hydrogens is 349 g/mol. The van der Waals surface area contributed by atoms with E-state index in [0.717, 1.165) is 11.1 Å². The van der Waals surface area contributed by atoms with Crippen molar-refractivity contribution in [2.24, 2.45) is 0 Å². The minimum Gasteiger partial charge on any atom is -0.482 e. The molecule has 0 saturated heterocycles. The molecule has 2 heterocycles. The molecule has 0 aromatic heterocycles. The Labute approximate surface area is 155 Å². The summed E-state index contributed by atoms with van der Waals surface area (Å²) >= 11 is 1.69. The lowest BCUT2D eigenvalue weighted by atomic mass is 9.92. The van der Waals surface area contributed by atoms with Crippen LogP contribution in [0.4, 0.5) is 10.1 Å². The molecule has 0 saturated carbocycles.